The van der Waals surface area contributed by atoms with E-state index in [9.17, 15) is 5.11 Å². The first kappa shape index (κ1) is 20.2. The van der Waals surface area contributed by atoms with Gasteiger partial charge in [-0.1, -0.05) is 12.1 Å². The minimum absolute atomic E-state index is 0.0764. The first-order chi connectivity index (χ1) is 16.2. The molecular weight excluding hydrogens is 426 g/mol. The fourth-order valence-electron chi connectivity index (χ4n) is 6.67. The highest BCUT2D eigenvalue weighted by Gasteiger charge is 2.82. The summed E-state index contributed by atoms with van der Waals surface area (Å²) in [6.45, 7) is 12.5. The van der Waals surface area contributed by atoms with Crippen LogP contribution in [0.3, 0.4) is 0 Å². The number of aromatic nitrogens is 4. The zero-order valence-corrected chi connectivity index (χ0v) is 19.8. The van der Waals surface area contributed by atoms with Gasteiger partial charge in [-0.2, -0.15) is 15.1 Å². The number of aliphatic hydroxyl groups is 1. The molecule has 0 amide bonds. The third-order valence-corrected chi connectivity index (χ3v) is 9.34. The molecule has 1 aromatic carbocycles. The molecule has 4 heterocycles. The molecule has 8 heteroatoms. The summed E-state index contributed by atoms with van der Waals surface area (Å²) in [5.41, 5.74) is 1.15. The van der Waals surface area contributed by atoms with Gasteiger partial charge in [-0.15, -0.1) is 0 Å². The number of nitrogens with one attached hydrogen (secondary N) is 1. The maximum Gasteiger partial charge on any atom is 0.264 e. The van der Waals surface area contributed by atoms with Gasteiger partial charge in [0.2, 0.25) is 5.95 Å². The van der Waals surface area contributed by atoms with Gasteiger partial charge in [0.05, 0.1) is 22.7 Å². The predicted octanol–water partition coefficient (Wildman–Crippen LogP) is 3.90. The number of hydrogen-bond acceptors (Lipinski definition) is 6. The molecule has 8 nitrogen and oxygen atoms in total. The molecule has 5 aliphatic rings. The van der Waals surface area contributed by atoms with Crippen LogP contribution in [0.4, 0.5) is 11.8 Å². The average molecular weight is 456 g/mol. The van der Waals surface area contributed by atoms with E-state index < -0.39 is 5.60 Å². The van der Waals surface area contributed by atoms with Gasteiger partial charge >= 0.3 is 0 Å². The van der Waals surface area contributed by atoms with Crippen LogP contribution >= 0.6 is 0 Å². The Morgan fingerprint density at radius 2 is 1.94 bits per heavy atom. The minimum atomic E-state index is -0.713. The van der Waals surface area contributed by atoms with Gasteiger partial charge in [0.15, 0.2) is 5.82 Å². The van der Waals surface area contributed by atoms with Gasteiger partial charge in [0.1, 0.15) is 5.82 Å². The highest BCUT2D eigenvalue weighted by molar-refractivity contribution is 5.81. The summed E-state index contributed by atoms with van der Waals surface area (Å²) >= 11 is 0. The zero-order chi connectivity index (χ0) is 23.5. The van der Waals surface area contributed by atoms with E-state index in [0.29, 0.717) is 17.8 Å². The highest BCUT2D eigenvalue weighted by atomic mass is 16.3. The van der Waals surface area contributed by atoms with Gasteiger partial charge < -0.3 is 20.2 Å². The maximum absolute atomic E-state index is 10.8. The van der Waals surface area contributed by atoms with Crippen molar-refractivity contribution < 1.29 is 5.11 Å². The molecule has 0 unspecified atom stereocenters. The van der Waals surface area contributed by atoms with E-state index in [0.717, 1.165) is 60.9 Å². The summed E-state index contributed by atoms with van der Waals surface area (Å²) in [5, 5.41) is 19.6. The summed E-state index contributed by atoms with van der Waals surface area (Å²) < 4.78 is 1.87. The quantitative estimate of drug-likeness (QED) is 0.568. The van der Waals surface area contributed by atoms with Crippen molar-refractivity contribution in [3.63, 3.8) is 0 Å². The van der Waals surface area contributed by atoms with Gasteiger partial charge in [-0.25, -0.2) is 11.3 Å². The van der Waals surface area contributed by atoms with Crippen molar-refractivity contribution in [2.24, 2.45) is 10.8 Å². The molecule has 2 N–H and O–H groups in total. The monoisotopic (exact) mass is 455 g/mol. The lowest BCUT2D eigenvalue weighted by molar-refractivity contribution is -0.0754. The van der Waals surface area contributed by atoms with E-state index >= 15 is 0 Å². The first-order valence-corrected chi connectivity index (χ1v) is 12.2. The Balaban J connectivity index is 1.30. The van der Waals surface area contributed by atoms with Crippen LogP contribution in [-0.4, -0.2) is 50.1 Å². The smallest absolute Gasteiger partial charge is 0.264 e. The van der Waals surface area contributed by atoms with Crippen molar-refractivity contribution in [3.8, 4) is 5.82 Å². The van der Waals surface area contributed by atoms with Crippen LogP contribution in [0.5, 0.6) is 0 Å². The van der Waals surface area contributed by atoms with E-state index in [-0.39, 0.29) is 16.4 Å². The van der Waals surface area contributed by atoms with E-state index in [4.69, 9.17) is 16.5 Å². The third kappa shape index (κ3) is 2.43. The molecule has 1 spiro atoms. The second-order valence-corrected chi connectivity index (χ2v) is 11.4. The van der Waals surface area contributed by atoms with Crippen LogP contribution in [0.15, 0.2) is 30.5 Å². The molecule has 3 aromatic rings. The minimum Gasteiger partial charge on any atom is -0.390 e. The number of nitrogens with zero attached hydrogens (tertiary/aromatic N) is 6. The van der Waals surface area contributed by atoms with Crippen molar-refractivity contribution in [2.75, 3.05) is 23.8 Å². The molecule has 8 rings (SSSR count). The SMILES string of the molecule is [C-]#[N+][C@]1(c2ccc3cnn(-c4cc(N5CC6(C(C)(C)O)CC5C6)nc(NC)n4)c3c2)CC12CC2. The summed E-state index contributed by atoms with van der Waals surface area (Å²) in [6.07, 6.45) is 7.13. The lowest BCUT2D eigenvalue weighted by atomic mass is 9.61. The number of rotatable bonds is 5. The van der Waals surface area contributed by atoms with E-state index in [1.165, 1.54) is 0 Å². The van der Waals surface area contributed by atoms with Crippen molar-refractivity contribution >= 4 is 22.7 Å². The van der Waals surface area contributed by atoms with Crippen LogP contribution in [-0.2, 0) is 5.54 Å². The molecule has 34 heavy (non-hydrogen) atoms. The largest absolute Gasteiger partial charge is 0.390 e. The number of fused-ring (bicyclic) bond motifs is 2. The van der Waals surface area contributed by atoms with Crippen molar-refractivity contribution in [3.05, 3.63) is 47.4 Å². The van der Waals surface area contributed by atoms with Crippen LogP contribution in [0.25, 0.3) is 21.6 Å². The first-order valence-electron chi connectivity index (χ1n) is 12.2. The Bertz CT molecular complexity index is 1390. The second kappa shape index (κ2) is 6.08. The predicted molar refractivity (Wildman–Crippen MR) is 130 cm³/mol. The molecule has 1 atom stereocenters. The zero-order valence-electron chi connectivity index (χ0n) is 19.8. The fraction of sp³-hybridized carbons (Fsp3) is 0.538. The molecule has 2 saturated heterocycles. The van der Waals surface area contributed by atoms with Crippen LogP contribution in [0.2, 0.25) is 0 Å². The van der Waals surface area contributed by atoms with Gasteiger partial charge in [0.25, 0.3) is 5.54 Å². The summed E-state index contributed by atoms with van der Waals surface area (Å²) in [4.78, 5) is 15.9. The van der Waals surface area contributed by atoms with E-state index in [1.807, 2.05) is 37.8 Å². The standard InChI is InChI=1S/C26H29N7O/c1-23(2,34)25-11-18(12-25)32(15-25)20-10-21(31-22(27-3)30-20)33-19-9-17(6-5-16(19)13-29-33)26(28-4)14-24(26)7-8-24/h5-6,9-10,13,18,34H,7-8,11-12,14-15H2,1-3H3,(H,27,30,31)/t18?,25?,26-/m0/s1. The lowest BCUT2D eigenvalue weighted by Crippen LogP contribution is -2.50. The molecule has 2 aliphatic heterocycles. The van der Waals surface area contributed by atoms with Gasteiger partial charge in [0, 0.05) is 48.5 Å². The van der Waals surface area contributed by atoms with Gasteiger partial charge in [-0.3, -0.25) is 0 Å². The Labute approximate surface area is 198 Å². The van der Waals surface area contributed by atoms with Crippen LogP contribution in [0, 0.1) is 17.4 Å². The Hall–Kier alpha value is -3.18. The Morgan fingerprint density at radius 3 is 2.56 bits per heavy atom. The molecule has 2 aromatic heterocycles. The average Bonchev–Trinajstić information content (AvgIpc) is 3.49. The molecule has 2 bridgehead atoms. The van der Waals surface area contributed by atoms with Crippen molar-refractivity contribution in [2.45, 2.75) is 63.1 Å². The summed E-state index contributed by atoms with van der Waals surface area (Å²) in [6, 6.07) is 8.73. The number of benzene rings is 1. The number of hydrogen-bond donors (Lipinski definition) is 2. The molecule has 5 fully saturated rings. The van der Waals surface area contributed by atoms with Crippen molar-refractivity contribution in [1.29, 1.82) is 0 Å². The Kier molecular flexibility index (Phi) is 3.62. The Morgan fingerprint density at radius 1 is 1.18 bits per heavy atom. The molecular formula is C26H29N7O. The topological polar surface area (TPSA) is 83.5 Å². The molecule has 3 aliphatic carbocycles. The van der Waals surface area contributed by atoms with Crippen molar-refractivity contribution in [1.82, 2.24) is 19.7 Å². The molecule has 174 valence electrons. The number of anilines is 2. The normalized spacial score (nSPS) is 30.3. The van der Waals surface area contributed by atoms with Gasteiger partial charge in [-0.05, 0) is 45.6 Å². The summed E-state index contributed by atoms with van der Waals surface area (Å²) in [5.74, 6) is 2.11. The van der Waals surface area contributed by atoms with Crippen LogP contribution < -0.4 is 10.2 Å². The second-order valence-electron chi connectivity index (χ2n) is 11.4. The molecule has 0 radical (unpaired) electrons. The lowest BCUT2D eigenvalue weighted by Gasteiger charge is -2.45. The van der Waals surface area contributed by atoms with Crippen LogP contribution in [0.1, 0.15) is 51.5 Å². The van der Waals surface area contributed by atoms with E-state index in [1.54, 1.807) is 0 Å². The molecule has 3 saturated carbocycles. The highest BCUT2D eigenvalue weighted by Crippen LogP contribution is 2.79. The third-order valence-electron chi connectivity index (χ3n) is 9.34. The van der Waals surface area contributed by atoms with E-state index in [2.05, 4.69) is 38.4 Å². The fourth-order valence-corrected chi connectivity index (χ4v) is 6.67. The maximum atomic E-state index is 10.8. The summed E-state index contributed by atoms with van der Waals surface area (Å²) in [7, 11) is 1.83.